The van der Waals surface area contributed by atoms with Gasteiger partial charge in [0.2, 0.25) is 11.8 Å². The van der Waals surface area contributed by atoms with E-state index in [2.05, 4.69) is 5.32 Å². The van der Waals surface area contributed by atoms with Crippen molar-refractivity contribution in [1.29, 1.82) is 0 Å². The predicted octanol–water partition coefficient (Wildman–Crippen LogP) is 2.38. The van der Waals surface area contributed by atoms with E-state index >= 15 is 0 Å². The highest BCUT2D eigenvalue weighted by Crippen LogP contribution is 2.33. The Labute approximate surface area is 155 Å². The quantitative estimate of drug-likeness (QED) is 0.841. The lowest BCUT2D eigenvalue weighted by Gasteiger charge is -2.19. The molecule has 1 aromatic carbocycles. The van der Waals surface area contributed by atoms with Crippen molar-refractivity contribution in [2.24, 2.45) is 0 Å². The molecule has 0 atom stereocenters. The van der Waals surface area contributed by atoms with Gasteiger partial charge in [0.05, 0.1) is 12.8 Å². The highest BCUT2D eigenvalue weighted by atomic mass is 32.1. The Morgan fingerprint density at radius 3 is 2.77 bits per heavy atom. The SMILES string of the molecule is COc1cc(NC(=O)CCn2c(C)csc2=O)ccc1N1CCCC1=O. The minimum absolute atomic E-state index is 0.0587. The zero-order valence-corrected chi connectivity index (χ0v) is 15.6. The molecule has 26 heavy (non-hydrogen) atoms. The molecule has 1 N–H and O–H groups in total. The van der Waals surface area contributed by atoms with Crippen LogP contribution in [0.1, 0.15) is 25.0 Å². The number of aromatic nitrogens is 1. The minimum Gasteiger partial charge on any atom is -0.494 e. The number of aryl methyl sites for hydroxylation is 1. The van der Waals surface area contributed by atoms with E-state index in [1.807, 2.05) is 6.92 Å². The van der Waals surface area contributed by atoms with E-state index in [4.69, 9.17) is 4.74 Å². The Kier molecular flexibility index (Phi) is 5.41. The fourth-order valence-corrected chi connectivity index (χ4v) is 3.75. The molecule has 1 aliphatic heterocycles. The van der Waals surface area contributed by atoms with Gasteiger partial charge >= 0.3 is 4.87 Å². The number of hydrogen-bond acceptors (Lipinski definition) is 5. The molecule has 8 heteroatoms. The topological polar surface area (TPSA) is 80.6 Å². The Morgan fingerprint density at radius 1 is 1.35 bits per heavy atom. The molecule has 0 radical (unpaired) electrons. The molecule has 2 amide bonds. The number of nitrogens with one attached hydrogen (secondary N) is 1. The maximum Gasteiger partial charge on any atom is 0.307 e. The van der Waals surface area contributed by atoms with Gasteiger partial charge in [-0.05, 0) is 25.5 Å². The first-order valence-electron chi connectivity index (χ1n) is 8.43. The summed E-state index contributed by atoms with van der Waals surface area (Å²) in [6, 6.07) is 5.25. The van der Waals surface area contributed by atoms with Gasteiger partial charge < -0.3 is 19.5 Å². The van der Waals surface area contributed by atoms with E-state index < -0.39 is 0 Å². The molecule has 0 saturated carbocycles. The average Bonchev–Trinajstić information content (AvgIpc) is 3.18. The summed E-state index contributed by atoms with van der Waals surface area (Å²) in [5.41, 5.74) is 2.17. The van der Waals surface area contributed by atoms with Crippen LogP contribution in [0, 0.1) is 6.92 Å². The van der Waals surface area contributed by atoms with Gasteiger partial charge in [-0.1, -0.05) is 11.3 Å². The zero-order chi connectivity index (χ0) is 18.7. The number of thiazole rings is 1. The number of carbonyl (C=O) groups excluding carboxylic acids is 2. The molecule has 1 aliphatic rings. The van der Waals surface area contributed by atoms with Gasteiger partial charge in [0, 0.05) is 48.8 Å². The monoisotopic (exact) mass is 375 g/mol. The van der Waals surface area contributed by atoms with E-state index in [1.54, 1.807) is 33.0 Å². The van der Waals surface area contributed by atoms with E-state index in [-0.39, 0.29) is 23.1 Å². The molecule has 2 aromatic rings. The smallest absolute Gasteiger partial charge is 0.307 e. The number of anilines is 2. The Hall–Kier alpha value is -2.61. The molecule has 0 spiro atoms. The Balaban J connectivity index is 1.67. The summed E-state index contributed by atoms with van der Waals surface area (Å²) < 4.78 is 6.98. The highest BCUT2D eigenvalue weighted by Gasteiger charge is 2.24. The van der Waals surface area contributed by atoms with Crippen LogP contribution in [-0.4, -0.2) is 30.0 Å². The molecule has 1 aromatic heterocycles. The number of benzene rings is 1. The highest BCUT2D eigenvalue weighted by molar-refractivity contribution is 7.07. The number of ether oxygens (including phenoxy) is 1. The van der Waals surface area contributed by atoms with Crippen molar-refractivity contribution in [2.75, 3.05) is 23.9 Å². The number of rotatable bonds is 6. The number of amides is 2. The number of methoxy groups -OCH3 is 1. The third kappa shape index (κ3) is 3.80. The van der Waals surface area contributed by atoms with Crippen molar-refractivity contribution in [3.05, 3.63) is 38.9 Å². The van der Waals surface area contributed by atoms with Gasteiger partial charge in [-0.25, -0.2) is 0 Å². The maximum atomic E-state index is 12.2. The molecule has 0 aliphatic carbocycles. The maximum absolute atomic E-state index is 12.2. The van der Waals surface area contributed by atoms with E-state index in [0.29, 0.717) is 36.6 Å². The third-order valence-corrected chi connectivity index (χ3v) is 5.25. The summed E-state index contributed by atoms with van der Waals surface area (Å²) in [4.78, 5) is 37.5. The normalized spacial score (nSPS) is 13.9. The molecule has 138 valence electrons. The second kappa shape index (κ2) is 7.74. The second-order valence-corrected chi connectivity index (χ2v) is 6.95. The fraction of sp³-hybridized carbons (Fsp3) is 0.389. The van der Waals surface area contributed by atoms with E-state index in [1.165, 1.54) is 7.11 Å². The van der Waals surface area contributed by atoms with Crippen LogP contribution >= 0.6 is 11.3 Å². The van der Waals surface area contributed by atoms with E-state index in [0.717, 1.165) is 23.5 Å². The van der Waals surface area contributed by atoms with Crippen LogP contribution < -0.4 is 19.8 Å². The van der Waals surface area contributed by atoms with Crippen LogP contribution in [0.4, 0.5) is 11.4 Å². The van der Waals surface area contributed by atoms with Crippen molar-refractivity contribution in [1.82, 2.24) is 4.57 Å². The first-order valence-corrected chi connectivity index (χ1v) is 9.30. The lowest BCUT2D eigenvalue weighted by atomic mass is 10.2. The number of nitrogens with zero attached hydrogens (tertiary/aromatic N) is 2. The first kappa shape index (κ1) is 18.2. The Bertz CT molecular complexity index is 887. The molecule has 0 bridgehead atoms. The lowest BCUT2D eigenvalue weighted by molar-refractivity contribution is -0.117. The fourth-order valence-electron chi connectivity index (χ4n) is 2.99. The van der Waals surface area contributed by atoms with Gasteiger partial charge in [-0.2, -0.15) is 0 Å². The first-order chi connectivity index (χ1) is 12.5. The summed E-state index contributed by atoms with van der Waals surface area (Å²) >= 11 is 1.13. The van der Waals surface area contributed by atoms with Crippen LogP contribution in [0.5, 0.6) is 5.75 Å². The minimum atomic E-state index is -0.186. The van der Waals surface area contributed by atoms with Crippen molar-refractivity contribution < 1.29 is 14.3 Å². The van der Waals surface area contributed by atoms with Gasteiger partial charge in [-0.3, -0.25) is 14.4 Å². The molecule has 0 unspecified atom stereocenters. The van der Waals surface area contributed by atoms with Crippen molar-refractivity contribution in [3.63, 3.8) is 0 Å². The lowest BCUT2D eigenvalue weighted by Crippen LogP contribution is -2.24. The molecule has 2 heterocycles. The molecule has 1 fully saturated rings. The molecule has 1 saturated heterocycles. The third-order valence-electron chi connectivity index (χ3n) is 4.37. The van der Waals surface area contributed by atoms with Crippen molar-refractivity contribution in [3.8, 4) is 5.75 Å². The molecule has 7 nitrogen and oxygen atoms in total. The number of hydrogen-bond donors (Lipinski definition) is 1. The largest absolute Gasteiger partial charge is 0.494 e. The van der Waals surface area contributed by atoms with Crippen molar-refractivity contribution >= 4 is 34.5 Å². The van der Waals surface area contributed by atoms with Crippen LogP contribution in [0.25, 0.3) is 0 Å². The molecule has 3 rings (SSSR count). The van der Waals surface area contributed by atoms with Crippen molar-refractivity contribution in [2.45, 2.75) is 32.7 Å². The Morgan fingerprint density at radius 2 is 2.15 bits per heavy atom. The molecular weight excluding hydrogens is 354 g/mol. The second-order valence-electron chi connectivity index (χ2n) is 6.13. The van der Waals surface area contributed by atoms with Gasteiger partial charge in [0.1, 0.15) is 5.75 Å². The van der Waals surface area contributed by atoms with Crippen LogP contribution in [-0.2, 0) is 16.1 Å². The van der Waals surface area contributed by atoms with Crippen LogP contribution in [0.15, 0.2) is 28.4 Å². The summed E-state index contributed by atoms with van der Waals surface area (Å²) in [6.07, 6.45) is 1.58. The summed E-state index contributed by atoms with van der Waals surface area (Å²) in [7, 11) is 1.54. The van der Waals surface area contributed by atoms with Crippen LogP contribution in [0.2, 0.25) is 0 Å². The van der Waals surface area contributed by atoms with Crippen LogP contribution in [0.3, 0.4) is 0 Å². The standard InChI is InChI=1S/C18H21N3O4S/c1-12-11-26-18(24)20(12)9-7-16(22)19-13-5-6-14(15(10-13)25-2)21-8-3-4-17(21)23/h5-6,10-11H,3-4,7-9H2,1-2H3,(H,19,22). The zero-order valence-electron chi connectivity index (χ0n) is 14.8. The van der Waals surface area contributed by atoms with Gasteiger partial charge in [0.25, 0.3) is 0 Å². The summed E-state index contributed by atoms with van der Waals surface area (Å²) in [5.74, 6) is 0.439. The van der Waals surface area contributed by atoms with E-state index in [9.17, 15) is 14.4 Å². The summed E-state index contributed by atoms with van der Waals surface area (Å²) in [6.45, 7) is 2.87. The number of carbonyl (C=O) groups is 2. The van der Waals surface area contributed by atoms with Gasteiger partial charge in [0.15, 0.2) is 0 Å². The summed E-state index contributed by atoms with van der Waals surface area (Å²) in [5, 5.41) is 4.59. The predicted molar refractivity (Wildman–Crippen MR) is 101 cm³/mol. The molecular formula is C18H21N3O4S. The van der Waals surface area contributed by atoms with Gasteiger partial charge in [-0.15, -0.1) is 0 Å². The average molecular weight is 375 g/mol.